The van der Waals surface area contributed by atoms with Crippen molar-refractivity contribution in [1.82, 2.24) is 15.0 Å². The normalized spacial score (nSPS) is 16.1. The van der Waals surface area contributed by atoms with Gasteiger partial charge in [0.1, 0.15) is 17.8 Å². The van der Waals surface area contributed by atoms with Crippen LogP contribution < -0.4 is 5.32 Å². The Morgan fingerprint density at radius 3 is 3.07 bits per heavy atom. The number of halogens is 1. The number of fused-ring (bicyclic) bond motifs is 1. The van der Waals surface area contributed by atoms with Crippen LogP contribution in [0.1, 0.15) is 12.8 Å². The minimum Gasteiger partial charge on any atom is -0.367 e. The topological polar surface area (TPSA) is 53.6 Å². The van der Waals surface area contributed by atoms with Crippen LogP contribution in [0.25, 0.3) is 11.0 Å². The van der Waals surface area contributed by atoms with E-state index in [9.17, 15) is 0 Å². The van der Waals surface area contributed by atoms with Gasteiger partial charge in [-0.15, -0.1) is 0 Å². The molecule has 0 unspecified atom stereocenters. The van der Waals surface area contributed by atoms with E-state index in [1.807, 2.05) is 6.20 Å². The van der Waals surface area contributed by atoms with Gasteiger partial charge in [0.15, 0.2) is 0 Å². The molecule has 0 amide bonds. The van der Waals surface area contributed by atoms with Gasteiger partial charge in [0.2, 0.25) is 0 Å². The second kappa shape index (κ2) is 2.95. The second-order valence-corrected chi connectivity index (χ2v) is 4.36. The third-order valence-electron chi connectivity index (χ3n) is 2.34. The van der Waals surface area contributed by atoms with E-state index in [0.29, 0.717) is 6.04 Å². The Morgan fingerprint density at radius 2 is 2.29 bits per heavy atom. The molecule has 0 radical (unpaired) electrons. The van der Waals surface area contributed by atoms with Gasteiger partial charge in [0.25, 0.3) is 0 Å². The monoisotopic (exact) mass is 252 g/mol. The van der Waals surface area contributed by atoms with Crippen LogP contribution in [0.15, 0.2) is 17.0 Å². The first-order valence-electron chi connectivity index (χ1n) is 4.59. The number of aromatic amines is 1. The zero-order valence-corrected chi connectivity index (χ0v) is 9.00. The number of nitrogens with zero attached hydrogens (tertiary/aromatic N) is 2. The molecule has 0 saturated heterocycles. The molecule has 3 rings (SSSR count). The van der Waals surface area contributed by atoms with Gasteiger partial charge >= 0.3 is 0 Å². The Labute approximate surface area is 89.3 Å². The summed E-state index contributed by atoms with van der Waals surface area (Å²) in [6.45, 7) is 0. The maximum absolute atomic E-state index is 4.25. The molecule has 14 heavy (non-hydrogen) atoms. The first kappa shape index (κ1) is 8.23. The highest BCUT2D eigenvalue weighted by atomic mass is 79.9. The highest BCUT2D eigenvalue weighted by Crippen LogP contribution is 2.31. The number of H-pyrrole nitrogens is 1. The van der Waals surface area contributed by atoms with Crippen molar-refractivity contribution in [3.63, 3.8) is 0 Å². The maximum atomic E-state index is 4.25. The summed E-state index contributed by atoms with van der Waals surface area (Å²) in [6.07, 6.45) is 5.95. The first-order valence-corrected chi connectivity index (χ1v) is 5.38. The standard InChI is InChI=1S/C9H9BrN4/c10-6-3-11-8-7(6)9(13-4-12-8)14-5-1-2-5/h3-5H,1-2H2,(H2,11,12,13,14). The van der Waals surface area contributed by atoms with Crippen molar-refractivity contribution in [2.75, 3.05) is 5.32 Å². The zero-order valence-electron chi connectivity index (χ0n) is 7.42. The summed E-state index contributed by atoms with van der Waals surface area (Å²) < 4.78 is 1.01. The highest BCUT2D eigenvalue weighted by molar-refractivity contribution is 9.10. The molecular weight excluding hydrogens is 244 g/mol. The van der Waals surface area contributed by atoms with Crippen molar-refractivity contribution in [2.24, 2.45) is 0 Å². The molecule has 1 fully saturated rings. The van der Waals surface area contributed by atoms with Crippen molar-refractivity contribution >= 4 is 32.8 Å². The van der Waals surface area contributed by atoms with Gasteiger partial charge in [-0.2, -0.15) is 0 Å². The number of anilines is 1. The molecule has 1 aliphatic carbocycles. The Morgan fingerprint density at radius 1 is 1.43 bits per heavy atom. The minimum absolute atomic E-state index is 0.606. The molecule has 0 bridgehead atoms. The summed E-state index contributed by atoms with van der Waals surface area (Å²) in [5.41, 5.74) is 0.870. The molecule has 5 heteroatoms. The summed E-state index contributed by atoms with van der Waals surface area (Å²) in [5, 5.41) is 4.43. The molecule has 0 atom stereocenters. The lowest BCUT2D eigenvalue weighted by molar-refractivity contribution is 1.10. The number of rotatable bonds is 2. The average Bonchev–Trinajstić information content (AvgIpc) is 2.91. The Bertz CT molecular complexity index is 475. The van der Waals surface area contributed by atoms with Crippen LogP contribution in [0.5, 0.6) is 0 Å². The van der Waals surface area contributed by atoms with Gasteiger partial charge in [-0.05, 0) is 28.8 Å². The smallest absolute Gasteiger partial charge is 0.144 e. The van der Waals surface area contributed by atoms with Crippen LogP contribution in [-0.4, -0.2) is 21.0 Å². The molecule has 72 valence electrons. The second-order valence-electron chi connectivity index (χ2n) is 3.50. The van der Waals surface area contributed by atoms with Crippen LogP contribution >= 0.6 is 15.9 Å². The summed E-state index contributed by atoms with van der Waals surface area (Å²) in [4.78, 5) is 11.5. The predicted octanol–water partition coefficient (Wildman–Crippen LogP) is 2.29. The molecule has 2 heterocycles. The fourth-order valence-corrected chi connectivity index (χ4v) is 1.95. The molecule has 4 nitrogen and oxygen atoms in total. The van der Waals surface area contributed by atoms with E-state index in [-0.39, 0.29) is 0 Å². The fourth-order valence-electron chi connectivity index (χ4n) is 1.46. The molecular formula is C9H9BrN4. The van der Waals surface area contributed by atoms with Crippen LogP contribution in [0, 0.1) is 0 Å². The van der Waals surface area contributed by atoms with Gasteiger partial charge in [0, 0.05) is 16.7 Å². The summed E-state index contributed by atoms with van der Waals surface area (Å²) in [6, 6.07) is 0.606. The molecule has 0 spiro atoms. The molecule has 2 aromatic heterocycles. The average molecular weight is 253 g/mol. The van der Waals surface area contributed by atoms with E-state index < -0.39 is 0 Å². The SMILES string of the molecule is Brc1c[nH]c2ncnc(NC3CC3)c12. The van der Waals surface area contributed by atoms with Crippen LogP contribution in [0.2, 0.25) is 0 Å². The van der Waals surface area contributed by atoms with E-state index in [2.05, 4.69) is 36.2 Å². The predicted molar refractivity (Wildman–Crippen MR) is 58.2 cm³/mol. The summed E-state index contributed by atoms with van der Waals surface area (Å²) >= 11 is 3.48. The van der Waals surface area contributed by atoms with E-state index in [0.717, 1.165) is 21.3 Å². The lowest BCUT2D eigenvalue weighted by Crippen LogP contribution is -2.03. The summed E-state index contributed by atoms with van der Waals surface area (Å²) in [7, 11) is 0. The van der Waals surface area contributed by atoms with Crippen LogP contribution in [0.4, 0.5) is 5.82 Å². The van der Waals surface area contributed by atoms with Gasteiger partial charge in [-0.3, -0.25) is 0 Å². The van der Waals surface area contributed by atoms with Crippen molar-refractivity contribution in [3.05, 3.63) is 17.0 Å². The minimum atomic E-state index is 0.606. The lowest BCUT2D eigenvalue weighted by Gasteiger charge is -2.03. The number of nitrogens with one attached hydrogen (secondary N) is 2. The Hall–Kier alpha value is -1.10. The first-order chi connectivity index (χ1) is 6.84. The lowest BCUT2D eigenvalue weighted by atomic mass is 10.4. The largest absolute Gasteiger partial charge is 0.367 e. The molecule has 2 N–H and O–H groups in total. The molecule has 0 aromatic carbocycles. The van der Waals surface area contributed by atoms with E-state index in [4.69, 9.17) is 0 Å². The molecule has 1 saturated carbocycles. The van der Waals surface area contributed by atoms with Crippen LogP contribution in [0.3, 0.4) is 0 Å². The quantitative estimate of drug-likeness (QED) is 0.863. The van der Waals surface area contributed by atoms with E-state index in [1.54, 1.807) is 6.33 Å². The van der Waals surface area contributed by atoms with Gasteiger partial charge in [-0.1, -0.05) is 0 Å². The van der Waals surface area contributed by atoms with Gasteiger partial charge in [-0.25, -0.2) is 9.97 Å². The van der Waals surface area contributed by atoms with Crippen LogP contribution in [-0.2, 0) is 0 Å². The van der Waals surface area contributed by atoms with Crippen molar-refractivity contribution in [1.29, 1.82) is 0 Å². The highest BCUT2D eigenvalue weighted by Gasteiger charge is 2.22. The fraction of sp³-hybridized carbons (Fsp3) is 0.333. The van der Waals surface area contributed by atoms with E-state index in [1.165, 1.54) is 12.8 Å². The van der Waals surface area contributed by atoms with Crippen molar-refractivity contribution < 1.29 is 0 Å². The number of hydrogen-bond acceptors (Lipinski definition) is 3. The van der Waals surface area contributed by atoms with Crippen molar-refractivity contribution in [2.45, 2.75) is 18.9 Å². The number of aromatic nitrogens is 3. The third kappa shape index (κ3) is 1.28. The molecule has 0 aliphatic heterocycles. The van der Waals surface area contributed by atoms with Gasteiger partial charge < -0.3 is 10.3 Å². The third-order valence-corrected chi connectivity index (χ3v) is 2.97. The Balaban J connectivity index is 2.14. The Kier molecular flexibility index (Phi) is 1.73. The number of hydrogen-bond donors (Lipinski definition) is 2. The van der Waals surface area contributed by atoms with E-state index >= 15 is 0 Å². The summed E-state index contributed by atoms with van der Waals surface area (Å²) in [5.74, 6) is 0.922. The maximum Gasteiger partial charge on any atom is 0.144 e. The zero-order chi connectivity index (χ0) is 9.54. The molecule has 2 aromatic rings. The van der Waals surface area contributed by atoms with Crippen molar-refractivity contribution in [3.8, 4) is 0 Å². The molecule has 1 aliphatic rings. The van der Waals surface area contributed by atoms with Gasteiger partial charge in [0.05, 0.1) is 5.39 Å².